The largest absolute Gasteiger partial charge is 0.493 e. The van der Waals surface area contributed by atoms with Gasteiger partial charge < -0.3 is 4.74 Å². The fraction of sp³-hybridized carbons (Fsp3) is 0.333. The molecule has 0 amide bonds. The molecule has 1 saturated carbocycles. The Bertz CT molecular complexity index is 684. The summed E-state index contributed by atoms with van der Waals surface area (Å²) in [6.07, 6.45) is 1.36. The smallest absolute Gasteiger partial charge is 0.203 e. The fourth-order valence-corrected chi connectivity index (χ4v) is 4.78. The van der Waals surface area contributed by atoms with Gasteiger partial charge in [0.15, 0.2) is 11.5 Å². The quantitative estimate of drug-likeness (QED) is 0.802. The predicted octanol–water partition coefficient (Wildman–Crippen LogP) is 3.41. The van der Waals surface area contributed by atoms with Crippen LogP contribution in [0.1, 0.15) is 13.8 Å². The van der Waals surface area contributed by atoms with Crippen LogP contribution in [0.5, 0.6) is 0 Å². The van der Waals surface area contributed by atoms with Gasteiger partial charge in [0.2, 0.25) is 5.78 Å². The number of benzene rings is 1. The van der Waals surface area contributed by atoms with Gasteiger partial charge in [0.25, 0.3) is 0 Å². The normalized spacial score (nSPS) is 27.0. The first-order chi connectivity index (χ1) is 10.5. The maximum absolute atomic E-state index is 12.6. The van der Waals surface area contributed by atoms with Crippen LogP contribution in [0.2, 0.25) is 0 Å². The molecule has 1 aromatic rings. The molecule has 3 nitrogen and oxygen atoms in total. The number of thioether (sulfide) groups is 1. The van der Waals surface area contributed by atoms with E-state index < -0.39 is 0 Å². The zero-order valence-electron chi connectivity index (χ0n) is 12.8. The van der Waals surface area contributed by atoms with Crippen LogP contribution in [0, 0.1) is 11.8 Å². The number of carbonyl (C=O) groups is 2. The summed E-state index contributed by atoms with van der Waals surface area (Å²) in [7, 11) is 1.44. The van der Waals surface area contributed by atoms with E-state index in [4.69, 9.17) is 4.74 Å². The molecule has 1 aromatic carbocycles. The second kappa shape index (κ2) is 5.76. The van der Waals surface area contributed by atoms with Crippen LogP contribution in [0.15, 0.2) is 58.2 Å². The highest BCUT2D eigenvalue weighted by molar-refractivity contribution is 8.00. The maximum atomic E-state index is 12.6. The van der Waals surface area contributed by atoms with E-state index in [1.54, 1.807) is 11.8 Å². The lowest BCUT2D eigenvalue weighted by molar-refractivity contribution is -0.133. The Morgan fingerprint density at radius 1 is 1.14 bits per heavy atom. The molecule has 3 rings (SSSR count). The van der Waals surface area contributed by atoms with Crippen LogP contribution in [0.4, 0.5) is 0 Å². The summed E-state index contributed by atoms with van der Waals surface area (Å²) in [6.45, 7) is 4.02. The van der Waals surface area contributed by atoms with Crippen molar-refractivity contribution in [2.45, 2.75) is 24.0 Å². The van der Waals surface area contributed by atoms with Crippen LogP contribution >= 0.6 is 11.8 Å². The zero-order chi connectivity index (χ0) is 15.9. The number of ketones is 2. The minimum Gasteiger partial charge on any atom is -0.493 e. The van der Waals surface area contributed by atoms with Crippen molar-refractivity contribution in [1.29, 1.82) is 0 Å². The molecule has 0 bridgehead atoms. The molecule has 0 heterocycles. The summed E-state index contributed by atoms with van der Waals surface area (Å²) in [5.41, 5.74) is 2.23. The molecule has 2 aliphatic rings. The average Bonchev–Trinajstić information content (AvgIpc) is 2.48. The zero-order valence-corrected chi connectivity index (χ0v) is 13.6. The number of allylic oxidation sites excluding steroid dienone is 3. The summed E-state index contributed by atoms with van der Waals surface area (Å²) >= 11 is 1.66. The molecule has 3 unspecified atom stereocenters. The molecule has 0 spiro atoms. The van der Waals surface area contributed by atoms with Crippen molar-refractivity contribution < 1.29 is 14.3 Å². The molecule has 3 atom stereocenters. The van der Waals surface area contributed by atoms with E-state index in [0.29, 0.717) is 0 Å². The molecule has 4 heteroatoms. The van der Waals surface area contributed by atoms with Crippen molar-refractivity contribution in [2.24, 2.45) is 11.8 Å². The third-order valence-electron chi connectivity index (χ3n) is 4.26. The van der Waals surface area contributed by atoms with Gasteiger partial charge in [0.05, 0.1) is 18.9 Å². The first kappa shape index (κ1) is 15.1. The minimum absolute atomic E-state index is 0.0115. The molecule has 1 fully saturated rings. The SMILES string of the molecule is COC1=CC(=O)C2C(=C(C)C)C(Sc3ccccc3)C2C1=O. The molecule has 0 aliphatic heterocycles. The number of carbonyl (C=O) groups excluding carboxylic acids is 2. The number of fused-ring (bicyclic) bond motifs is 1. The number of ether oxygens (including phenoxy) is 1. The van der Waals surface area contributed by atoms with E-state index >= 15 is 0 Å². The van der Waals surface area contributed by atoms with E-state index in [1.165, 1.54) is 13.2 Å². The molecule has 0 aromatic heterocycles. The topological polar surface area (TPSA) is 43.4 Å². The molecule has 22 heavy (non-hydrogen) atoms. The van der Waals surface area contributed by atoms with Gasteiger partial charge >= 0.3 is 0 Å². The number of hydrogen-bond donors (Lipinski definition) is 0. The van der Waals surface area contributed by atoms with E-state index in [1.807, 2.05) is 44.2 Å². The van der Waals surface area contributed by atoms with Crippen molar-refractivity contribution in [3.05, 3.63) is 53.3 Å². The third kappa shape index (κ3) is 2.31. The standard InChI is InChI=1S/C18H18O3S/c1-10(2)14-15-12(19)9-13(21-3)17(20)16(15)18(14)22-11-7-5-4-6-8-11/h4-9,15-16,18H,1-3H3. The van der Waals surface area contributed by atoms with Gasteiger partial charge in [-0.05, 0) is 31.6 Å². The average molecular weight is 314 g/mol. The van der Waals surface area contributed by atoms with Gasteiger partial charge in [-0.25, -0.2) is 0 Å². The van der Waals surface area contributed by atoms with Crippen molar-refractivity contribution in [3.63, 3.8) is 0 Å². The highest BCUT2D eigenvalue weighted by atomic mass is 32.2. The summed E-state index contributed by atoms with van der Waals surface area (Å²) in [4.78, 5) is 26.0. The fourth-order valence-electron chi connectivity index (χ4n) is 3.23. The highest BCUT2D eigenvalue weighted by Crippen LogP contribution is 2.54. The molecule has 2 aliphatic carbocycles. The number of rotatable bonds is 3. The van der Waals surface area contributed by atoms with Crippen molar-refractivity contribution in [3.8, 4) is 0 Å². The van der Waals surface area contributed by atoms with Crippen molar-refractivity contribution >= 4 is 23.3 Å². The summed E-state index contributed by atoms with van der Waals surface area (Å²) in [5.74, 6) is -0.467. The second-order valence-electron chi connectivity index (χ2n) is 5.79. The van der Waals surface area contributed by atoms with Gasteiger partial charge in [-0.15, -0.1) is 11.8 Å². The first-order valence-electron chi connectivity index (χ1n) is 7.27. The lowest BCUT2D eigenvalue weighted by Crippen LogP contribution is -2.53. The third-order valence-corrected chi connectivity index (χ3v) is 5.60. The van der Waals surface area contributed by atoms with Gasteiger partial charge in [-0.1, -0.05) is 23.8 Å². The van der Waals surface area contributed by atoms with E-state index in [9.17, 15) is 9.59 Å². The Hall–Kier alpha value is -1.81. The summed E-state index contributed by atoms with van der Waals surface area (Å²) < 4.78 is 5.09. The van der Waals surface area contributed by atoms with Crippen LogP contribution in [-0.4, -0.2) is 23.9 Å². The maximum Gasteiger partial charge on any atom is 0.203 e. The minimum atomic E-state index is -0.303. The molecule has 0 radical (unpaired) electrons. The Kier molecular flexibility index (Phi) is 3.96. The van der Waals surface area contributed by atoms with Crippen LogP contribution in [0.3, 0.4) is 0 Å². The highest BCUT2D eigenvalue weighted by Gasteiger charge is 2.56. The number of hydrogen-bond acceptors (Lipinski definition) is 4. The lowest BCUT2D eigenvalue weighted by atomic mass is 9.61. The first-order valence-corrected chi connectivity index (χ1v) is 8.15. The summed E-state index contributed by atoms with van der Waals surface area (Å²) in [6, 6.07) is 9.99. The Balaban J connectivity index is 1.96. The number of methoxy groups -OCH3 is 1. The lowest BCUT2D eigenvalue weighted by Gasteiger charge is -2.47. The van der Waals surface area contributed by atoms with Crippen LogP contribution < -0.4 is 0 Å². The molecule has 0 saturated heterocycles. The van der Waals surface area contributed by atoms with Crippen LogP contribution in [0.25, 0.3) is 0 Å². The van der Waals surface area contributed by atoms with Gasteiger partial charge in [-0.2, -0.15) is 0 Å². The molecule has 114 valence electrons. The van der Waals surface area contributed by atoms with Crippen molar-refractivity contribution in [1.82, 2.24) is 0 Å². The van der Waals surface area contributed by atoms with Crippen molar-refractivity contribution in [2.75, 3.05) is 7.11 Å². The molecular weight excluding hydrogens is 296 g/mol. The van der Waals surface area contributed by atoms with E-state index in [-0.39, 0.29) is 34.4 Å². The molecular formula is C18H18O3S. The second-order valence-corrected chi connectivity index (χ2v) is 7.00. The Morgan fingerprint density at radius 3 is 2.41 bits per heavy atom. The van der Waals surface area contributed by atoms with Crippen LogP contribution in [-0.2, 0) is 14.3 Å². The van der Waals surface area contributed by atoms with E-state index in [0.717, 1.165) is 16.0 Å². The Morgan fingerprint density at radius 2 is 1.82 bits per heavy atom. The Labute approximate surface area is 134 Å². The van der Waals surface area contributed by atoms with Gasteiger partial charge in [-0.3, -0.25) is 9.59 Å². The van der Waals surface area contributed by atoms with Gasteiger partial charge in [0, 0.05) is 16.2 Å². The number of Topliss-reactive ketones (excluding diaryl/α,β-unsaturated/α-hetero) is 1. The monoisotopic (exact) mass is 314 g/mol. The predicted molar refractivity (Wildman–Crippen MR) is 86.5 cm³/mol. The van der Waals surface area contributed by atoms with Gasteiger partial charge in [0.1, 0.15) is 0 Å². The molecule has 0 N–H and O–H groups in total. The summed E-state index contributed by atoms with van der Waals surface area (Å²) in [5, 5.41) is 0.0210. The van der Waals surface area contributed by atoms with E-state index in [2.05, 4.69) is 0 Å².